The fourth-order valence-electron chi connectivity index (χ4n) is 5.24. The smallest absolute Gasteiger partial charge is 0.235 e. The van der Waals surface area contributed by atoms with E-state index in [1.807, 2.05) is 17.9 Å². The number of ether oxygens (including phenoxy) is 2. The van der Waals surface area contributed by atoms with Crippen LogP contribution in [-0.4, -0.2) is 80.9 Å². The number of hydrogen-bond donors (Lipinski definition) is 3. The quantitative estimate of drug-likeness (QED) is 0.275. The maximum Gasteiger partial charge on any atom is 0.235 e. The van der Waals surface area contributed by atoms with Crippen LogP contribution in [0.1, 0.15) is 39.5 Å². The van der Waals surface area contributed by atoms with Crippen molar-refractivity contribution in [2.45, 2.75) is 69.9 Å². The number of hydrogen-bond acceptors (Lipinski definition) is 6. The zero-order valence-electron chi connectivity index (χ0n) is 20.1. The van der Waals surface area contributed by atoms with E-state index >= 15 is 0 Å². The molecule has 1 aliphatic heterocycles. The lowest BCUT2D eigenvalue weighted by Crippen LogP contribution is -2.48. The minimum absolute atomic E-state index is 0.0502. The second kappa shape index (κ2) is 11.8. The van der Waals surface area contributed by atoms with Gasteiger partial charge in [0.1, 0.15) is 12.8 Å². The molecule has 0 bridgehead atoms. The van der Waals surface area contributed by atoms with Crippen molar-refractivity contribution in [3.63, 3.8) is 0 Å². The second-order valence-electron chi connectivity index (χ2n) is 9.25. The molecule has 2 aliphatic carbocycles. The monoisotopic (exact) mass is 462 g/mol. The molecule has 0 radical (unpaired) electrons. The number of carbonyl (C=O) groups is 3. The summed E-state index contributed by atoms with van der Waals surface area (Å²) in [6, 6.07) is -0.101. The molecule has 0 aromatic carbocycles. The molecule has 1 saturated heterocycles. The summed E-state index contributed by atoms with van der Waals surface area (Å²) in [4.78, 5) is 38.1. The Labute approximate surface area is 196 Å². The Morgan fingerprint density at radius 2 is 2.09 bits per heavy atom. The van der Waals surface area contributed by atoms with Gasteiger partial charge in [-0.05, 0) is 50.6 Å². The van der Waals surface area contributed by atoms with Crippen molar-refractivity contribution in [1.82, 2.24) is 20.9 Å². The number of likely N-dealkylation sites (tertiary alicyclic amines) is 1. The summed E-state index contributed by atoms with van der Waals surface area (Å²) in [6.45, 7) is 4.32. The number of fused-ring (bicyclic) bond motifs is 1. The van der Waals surface area contributed by atoms with E-state index in [0.29, 0.717) is 11.8 Å². The van der Waals surface area contributed by atoms with Crippen LogP contribution in [0, 0.1) is 11.8 Å². The molecule has 0 aromatic rings. The Bertz CT molecular complexity index is 770. The molecular formula is C24H38N4O5. The van der Waals surface area contributed by atoms with Crippen LogP contribution < -0.4 is 16.0 Å². The van der Waals surface area contributed by atoms with E-state index in [1.54, 1.807) is 14.2 Å². The minimum atomic E-state index is -0.396. The molecular weight excluding hydrogens is 424 g/mol. The molecule has 9 heteroatoms. The van der Waals surface area contributed by atoms with Crippen LogP contribution in [0.15, 0.2) is 23.8 Å². The van der Waals surface area contributed by atoms with Gasteiger partial charge < -0.3 is 30.3 Å². The van der Waals surface area contributed by atoms with Crippen LogP contribution in [0.4, 0.5) is 0 Å². The van der Waals surface area contributed by atoms with E-state index in [1.165, 1.54) is 0 Å². The van der Waals surface area contributed by atoms with Crippen LogP contribution in [0.3, 0.4) is 0 Å². The summed E-state index contributed by atoms with van der Waals surface area (Å²) in [7, 11) is 3.30. The molecule has 184 valence electrons. The van der Waals surface area contributed by atoms with E-state index in [4.69, 9.17) is 9.47 Å². The molecule has 33 heavy (non-hydrogen) atoms. The Morgan fingerprint density at radius 3 is 2.73 bits per heavy atom. The highest BCUT2D eigenvalue weighted by Crippen LogP contribution is 2.53. The number of rotatable bonds is 13. The molecule has 3 rings (SSSR count). The van der Waals surface area contributed by atoms with E-state index < -0.39 is 6.10 Å². The summed E-state index contributed by atoms with van der Waals surface area (Å²) < 4.78 is 11.6. The fraction of sp³-hybridized carbons (Fsp3) is 0.708. The van der Waals surface area contributed by atoms with E-state index in [9.17, 15) is 14.4 Å². The van der Waals surface area contributed by atoms with Gasteiger partial charge in [-0.3, -0.25) is 14.4 Å². The van der Waals surface area contributed by atoms with Gasteiger partial charge in [0.2, 0.25) is 18.2 Å². The normalized spacial score (nSPS) is 28.4. The van der Waals surface area contributed by atoms with Crippen LogP contribution in [-0.2, 0) is 23.9 Å². The summed E-state index contributed by atoms with van der Waals surface area (Å²) in [5.41, 5.74) is 0.984. The lowest BCUT2D eigenvalue weighted by atomic mass is 9.97. The molecule has 3 aliphatic rings. The lowest BCUT2D eigenvalue weighted by molar-refractivity contribution is -0.130. The van der Waals surface area contributed by atoms with E-state index in [2.05, 4.69) is 35.0 Å². The van der Waals surface area contributed by atoms with Gasteiger partial charge in [0.05, 0.1) is 31.2 Å². The highest BCUT2D eigenvalue weighted by atomic mass is 16.5. The van der Waals surface area contributed by atoms with E-state index in [-0.39, 0.29) is 55.7 Å². The van der Waals surface area contributed by atoms with Gasteiger partial charge in [0.25, 0.3) is 0 Å². The SMILES string of the molecule is CNCC(=O)NCOC(C1=CCCC=C1)[C@@H](C)NC(=O)CC(OC)C1CC2C(C)C2N1C=O. The predicted octanol–water partition coefficient (Wildman–Crippen LogP) is 0.716. The van der Waals surface area contributed by atoms with Crippen molar-refractivity contribution in [3.8, 4) is 0 Å². The largest absolute Gasteiger partial charge is 0.379 e. The molecule has 0 aromatic heterocycles. The van der Waals surface area contributed by atoms with Crippen molar-refractivity contribution in [1.29, 1.82) is 0 Å². The molecule has 3 amide bonds. The third kappa shape index (κ3) is 6.22. The van der Waals surface area contributed by atoms with Gasteiger partial charge in [-0.25, -0.2) is 0 Å². The van der Waals surface area contributed by atoms with Crippen LogP contribution in [0.2, 0.25) is 0 Å². The third-order valence-corrected chi connectivity index (χ3v) is 7.06. The topological polar surface area (TPSA) is 109 Å². The van der Waals surface area contributed by atoms with Crippen molar-refractivity contribution in [2.75, 3.05) is 27.4 Å². The molecule has 3 N–H and O–H groups in total. The Morgan fingerprint density at radius 1 is 1.30 bits per heavy atom. The summed E-state index contributed by atoms with van der Waals surface area (Å²) in [5, 5.41) is 8.55. The first-order valence-electron chi connectivity index (χ1n) is 11.9. The van der Waals surface area contributed by atoms with Gasteiger partial charge in [-0.1, -0.05) is 25.2 Å². The highest BCUT2D eigenvalue weighted by Gasteiger charge is 2.59. The summed E-state index contributed by atoms with van der Waals surface area (Å²) in [6.07, 6.45) is 9.29. The van der Waals surface area contributed by atoms with Crippen LogP contribution >= 0.6 is 0 Å². The van der Waals surface area contributed by atoms with Gasteiger partial charge >= 0.3 is 0 Å². The highest BCUT2D eigenvalue weighted by molar-refractivity contribution is 5.78. The third-order valence-electron chi connectivity index (χ3n) is 7.06. The summed E-state index contributed by atoms with van der Waals surface area (Å²) in [5.74, 6) is 0.733. The molecule has 1 saturated carbocycles. The van der Waals surface area contributed by atoms with Gasteiger partial charge in [-0.15, -0.1) is 0 Å². The zero-order valence-corrected chi connectivity index (χ0v) is 20.1. The molecule has 6 unspecified atom stereocenters. The first kappa shape index (κ1) is 25.4. The molecule has 2 fully saturated rings. The van der Waals surface area contributed by atoms with Gasteiger partial charge in [0, 0.05) is 13.2 Å². The number of carbonyl (C=O) groups excluding carboxylic acids is 3. The van der Waals surface area contributed by atoms with E-state index in [0.717, 1.165) is 31.2 Å². The summed E-state index contributed by atoms with van der Waals surface area (Å²) >= 11 is 0. The number of amides is 3. The zero-order chi connectivity index (χ0) is 24.0. The Kier molecular flexibility index (Phi) is 9.05. The maximum atomic E-state index is 12.9. The van der Waals surface area contributed by atoms with Crippen molar-refractivity contribution in [2.24, 2.45) is 11.8 Å². The number of nitrogens with zero attached hydrogens (tertiary/aromatic N) is 1. The predicted molar refractivity (Wildman–Crippen MR) is 124 cm³/mol. The first-order valence-corrected chi connectivity index (χ1v) is 11.9. The van der Waals surface area contributed by atoms with Crippen molar-refractivity contribution in [3.05, 3.63) is 23.8 Å². The second-order valence-corrected chi connectivity index (χ2v) is 9.25. The lowest BCUT2D eigenvalue weighted by Gasteiger charge is -2.32. The maximum absolute atomic E-state index is 12.9. The van der Waals surface area contributed by atoms with Crippen LogP contribution in [0.5, 0.6) is 0 Å². The van der Waals surface area contributed by atoms with Crippen molar-refractivity contribution >= 4 is 18.2 Å². The number of likely N-dealkylation sites (N-methyl/N-ethyl adjacent to an activating group) is 1. The Hall–Kier alpha value is -2.23. The number of piperidine rings is 1. The standard InChI is InChI=1S/C24H38N4O5/c1-15-18-10-19(28(14-29)23(15)18)20(32-4)11-21(30)27-16(2)24(17-8-6-5-7-9-17)33-13-26-22(31)12-25-3/h6,8-9,14-16,18-20,23-25H,5,7,10-13H2,1-4H3,(H,26,31)(H,27,30)/t15?,16-,18?,19?,20?,23?,24?/m1/s1. The first-order chi connectivity index (χ1) is 15.9. The fourth-order valence-corrected chi connectivity index (χ4v) is 5.24. The molecule has 7 atom stereocenters. The van der Waals surface area contributed by atoms with Crippen LogP contribution in [0.25, 0.3) is 0 Å². The van der Waals surface area contributed by atoms with Gasteiger partial charge in [0.15, 0.2) is 0 Å². The van der Waals surface area contributed by atoms with Crippen molar-refractivity contribution < 1.29 is 23.9 Å². The molecule has 9 nitrogen and oxygen atoms in total. The molecule has 1 heterocycles. The Balaban J connectivity index is 1.57. The number of allylic oxidation sites excluding steroid dienone is 2. The average Bonchev–Trinajstić information content (AvgIpc) is 3.26. The molecule has 0 spiro atoms. The minimum Gasteiger partial charge on any atom is -0.379 e. The number of nitrogens with one attached hydrogen (secondary N) is 3. The average molecular weight is 463 g/mol. The number of methoxy groups -OCH3 is 1. The van der Waals surface area contributed by atoms with Gasteiger partial charge in [-0.2, -0.15) is 0 Å².